The molecule has 0 aromatic carbocycles. The van der Waals surface area contributed by atoms with Gasteiger partial charge in [0.05, 0.1) is 12.7 Å². The van der Waals surface area contributed by atoms with Crippen molar-refractivity contribution in [3.8, 4) is 0 Å². The number of piperidine rings is 1. The standard InChI is InChI=1S/C16H26N4O3S/c1-10(2)17-13(23-5)12-11(3)24-14(18-12)19-15(21)20-8-6-16(4,22)7-9-20/h10,22H,6-9H2,1-5H3,(H,18,19,21). The van der Waals surface area contributed by atoms with Gasteiger partial charge in [-0.3, -0.25) is 5.32 Å². The maximum atomic E-state index is 12.4. The summed E-state index contributed by atoms with van der Waals surface area (Å²) in [4.78, 5) is 23.9. The van der Waals surface area contributed by atoms with E-state index in [9.17, 15) is 9.90 Å². The number of urea groups is 1. The van der Waals surface area contributed by atoms with E-state index in [1.807, 2.05) is 20.8 Å². The van der Waals surface area contributed by atoms with E-state index in [1.54, 1.807) is 18.9 Å². The van der Waals surface area contributed by atoms with Gasteiger partial charge < -0.3 is 14.7 Å². The third-order valence-corrected chi connectivity index (χ3v) is 4.80. The van der Waals surface area contributed by atoms with Gasteiger partial charge in [-0.15, -0.1) is 11.3 Å². The van der Waals surface area contributed by atoms with Crippen LogP contribution in [0, 0.1) is 6.92 Å². The number of anilines is 1. The monoisotopic (exact) mass is 354 g/mol. The fourth-order valence-electron chi connectivity index (χ4n) is 2.46. The molecule has 1 fully saturated rings. The molecule has 0 bridgehead atoms. The van der Waals surface area contributed by atoms with Gasteiger partial charge in [0.2, 0.25) is 5.90 Å². The van der Waals surface area contributed by atoms with Crippen LogP contribution in [-0.4, -0.2) is 58.8 Å². The number of carbonyl (C=O) groups is 1. The van der Waals surface area contributed by atoms with Gasteiger partial charge >= 0.3 is 6.03 Å². The van der Waals surface area contributed by atoms with E-state index in [4.69, 9.17) is 4.74 Å². The first kappa shape index (κ1) is 18.7. The third kappa shape index (κ3) is 4.67. The number of ether oxygens (including phenoxy) is 1. The fraction of sp³-hybridized carbons (Fsp3) is 0.688. The molecule has 0 spiro atoms. The summed E-state index contributed by atoms with van der Waals surface area (Å²) < 4.78 is 5.33. The van der Waals surface area contributed by atoms with Crippen LogP contribution in [0.2, 0.25) is 0 Å². The van der Waals surface area contributed by atoms with Gasteiger partial charge in [-0.05, 0) is 40.5 Å². The molecule has 8 heteroatoms. The lowest BCUT2D eigenvalue weighted by Crippen LogP contribution is -2.46. The predicted octanol–water partition coefficient (Wildman–Crippen LogP) is 2.63. The molecule has 0 atom stereocenters. The zero-order valence-corrected chi connectivity index (χ0v) is 15.7. The van der Waals surface area contributed by atoms with Gasteiger partial charge in [0.25, 0.3) is 0 Å². The van der Waals surface area contributed by atoms with Crippen molar-refractivity contribution in [1.82, 2.24) is 9.88 Å². The third-order valence-electron chi connectivity index (χ3n) is 3.91. The highest BCUT2D eigenvalue weighted by Gasteiger charge is 2.30. The summed E-state index contributed by atoms with van der Waals surface area (Å²) in [6.07, 6.45) is 1.16. The van der Waals surface area contributed by atoms with Crippen molar-refractivity contribution in [3.05, 3.63) is 10.6 Å². The van der Waals surface area contributed by atoms with Crippen molar-refractivity contribution in [3.63, 3.8) is 0 Å². The molecule has 1 aromatic heterocycles. The Labute approximate surface area is 146 Å². The minimum atomic E-state index is -0.678. The molecule has 1 saturated heterocycles. The van der Waals surface area contributed by atoms with Gasteiger partial charge in [-0.2, -0.15) is 0 Å². The van der Waals surface area contributed by atoms with Crippen LogP contribution < -0.4 is 5.32 Å². The Kier molecular flexibility index (Phi) is 5.82. The highest BCUT2D eigenvalue weighted by molar-refractivity contribution is 7.16. The molecule has 24 heavy (non-hydrogen) atoms. The number of aliphatic hydroxyl groups is 1. The van der Waals surface area contributed by atoms with Crippen molar-refractivity contribution in [2.24, 2.45) is 4.99 Å². The zero-order valence-electron chi connectivity index (χ0n) is 14.9. The summed E-state index contributed by atoms with van der Waals surface area (Å²) in [5, 5.41) is 13.3. The Balaban J connectivity index is 2.06. The molecule has 1 aliphatic heterocycles. The molecule has 0 aliphatic carbocycles. The second-order valence-electron chi connectivity index (χ2n) is 6.57. The molecule has 0 radical (unpaired) electrons. The van der Waals surface area contributed by atoms with E-state index in [1.165, 1.54) is 11.3 Å². The number of hydrogen-bond acceptors (Lipinski definition) is 6. The summed E-state index contributed by atoms with van der Waals surface area (Å²) in [5.41, 5.74) is -0.0179. The molecule has 2 heterocycles. The molecule has 1 aromatic rings. The van der Waals surface area contributed by atoms with Gasteiger partial charge in [0, 0.05) is 24.0 Å². The number of nitrogens with zero attached hydrogens (tertiary/aromatic N) is 3. The summed E-state index contributed by atoms with van der Waals surface area (Å²) in [6, 6.07) is -0.0919. The molecule has 2 rings (SSSR count). The summed E-state index contributed by atoms with van der Waals surface area (Å²) >= 11 is 1.40. The van der Waals surface area contributed by atoms with Gasteiger partial charge in [-0.1, -0.05) is 0 Å². The second kappa shape index (κ2) is 7.48. The van der Waals surface area contributed by atoms with E-state index < -0.39 is 5.60 Å². The number of likely N-dealkylation sites (tertiary alicyclic amines) is 1. The number of aromatic nitrogens is 1. The molecule has 1 aliphatic rings. The van der Waals surface area contributed by atoms with Crippen LogP contribution in [0.4, 0.5) is 9.93 Å². The Morgan fingerprint density at radius 1 is 1.46 bits per heavy atom. The molecule has 2 N–H and O–H groups in total. The molecule has 7 nitrogen and oxygen atoms in total. The van der Waals surface area contributed by atoms with E-state index in [0.29, 0.717) is 42.7 Å². The average Bonchev–Trinajstić information content (AvgIpc) is 2.84. The van der Waals surface area contributed by atoms with E-state index in [0.717, 1.165) is 4.88 Å². The zero-order chi connectivity index (χ0) is 17.9. The Bertz CT molecular complexity index is 615. The van der Waals surface area contributed by atoms with Crippen molar-refractivity contribution in [2.75, 3.05) is 25.5 Å². The molecule has 0 saturated carbocycles. The fourth-order valence-corrected chi connectivity index (χ4v) is 3.25. The molecular weight excluding hydrogens is 328 g/mol. The number of rotatable bonds is 3. The highest BCUT2D eigenvalue weighted by atomic mass is 32.1. The first-order valence-electron chi connectivity index (χ1n) is 8.10. The predicted molar refractivity (Wildman–Crippen MR) is 96.0 cm³/mol. The maximum absolute atomic E-state index is 12.4. The number of aliphatic imine (C=N–C) groups is 1. The average molecular weight is 354 g/mol. The quantitative estimate of drug-likeness (QED) is 0.645. The number of thiazole rings is 1. The number of nitrogens with one attached hydrogen (secondary N) is 1. The Morgan fingerprint density at radius 2 is 2.08 bits per heavy atom. The smallest absolute Gasteiger partial charge is 0.323 e. The van der Waals surface area contributed by atoms with Crippen molar-refractivity contribution in [2.45, 2.75) is 52.2 Å². The van der Waals surface area contributed by atoms with Crippen LogP contribution in [0.25, 0.3) is 0 Å². The van der Waals surface area contributed by atoms with Crippen molar-refractivity contribution in [1.29, 1.82) is 0 Å². The largest absolute Gasteiger partial charge is 0.480 e. The summed E-state index contributed by atoms with van der Waals surface area (Å²) in [7, 11) is 1.57. The number of aryl methyl sites for hydroxylation is 1. The normalized spacial score (nSPS) is 18.0. The molecule has 0 unspecified atom stereocenters. The van der Waals surface area contributed by atoms with Crippen LogP contribution in [-0.2, 0) is 4.74 Å². The topological polar surface area (TPSA) is 87.1 Å². The lowest BCUT2D eigenvalue weighted by Gasteiger charge is -2.35. The van der Waals surface area contributed by atoms with E-state index >= 15 is 0 Å². The van der Waals surface area contributed by atoms with Crippen LogP contribution in [0.5, 0.6) is 0 Å². The second-order valence-corrected chi connectivity index (χ2v) is 7.77. The molecular formula is C16H26N4O3S. The SMILES string of the molecule is COC(=NC(C)C)c1nc(NC(=O)N2CCC(C)(O)CC2)sc1C. The van der Waals surface area contributed by atoms with Crippen molar-refractivity contribution < 1.29 is 14.6 Å². The van der Waals surface area contributed by atoms with E-state index in [2.05, 4.69) is 15.3 Å². The minimum absolute atomic E-state index is 0.0974. The Hall–Kier alpha value is -1.67. The first-order chi connectivity index (χ1) is 11.2. The van der Waals surface area contributed by atoms with Gasteiger partial charge in [0.15, 0.2) is 5.13 Å². The molecule has 134 valence electrons. The first-order valence-corrected chi connectivity index (χ1v) is 8.91. The van der Waals surface area contributed by atoms with E-state index in [-0.39, 0.29) is 12.1 Å². The highest BCUT2D eigenvalue weighted by Crippen LogP contribution is 2.25. The van der Waals surface area contributed by atoms with Crippen LogP contribution in [0.15, 0.2) is 4.99 Å². The van der Waals surface area contributed by atoms with Gasteiger partial charge in [-0.25, -0.2) is 14.8 Å². The lowest BCUT2D eigenvalue weighted by molar-refractivity contribution is 0.00570. The Morgan fingerprint density at radius 3 is 2.62 bits per heavy atom. The number of hydrogen-bond donors (Lipinski definition) is 2. The maximum Gasteiger partial charge on any atom is 0.323 e. The summed E-state index contributed by atoms with van der Waals surface area (Å²) in [6.45, 7) is 8.74. The minimum Gasteiger partial charge on any atom is -0.480 e. The van der Waals surface area contributed by atoms with Crippen molar-refractivity contribution >= 4 is 28.4 Å². The number of amides is 2. The molecule has 2 amide bonds. The number of carbonyl (C=O) groups excluding carboxylic acids is 1. The van der Waals surface area contributed by atoms with Crippen LogP contribution in [0.1, 0.15) is 44.2 Å². The van der Waals surface area contributed by atoms with Gasteiger partial charge in [0.1, 0.15) is 5.69 Å². The van der Waals surface area contributed by atoms with Crippen LogP contribution >= 0.6 is 11.3 Å². The summed E-state index contributed by atoms with van der Waals surface area (Å²) in [5.74, 6) is 0.480. The number of methoxy groups -OCH3 is 1. The lowest BCUT2D eigenvalue weighted by atomic mass is 9.94. The van der Waals surface area contributed by atoms with Crippen LogP contribution in [0.3, 0.4) is 0 Å².